The van der Waals surface area contributed by atoms with E-state index in [9.17, 15) is 8.78 Å². The SMILES string of the molecule is C(=N\c1ccccc1)/c1ccccc1.COc1cc(Nc2cc(F)ccc2Br)ccc1F. The lowest BCUT2D eigenvalue weighted by atomic mass is 10.2. The van der Waals surface area contributed by atoms with Crippen LogP contribution in [0.3, 0.4) is 0 Å². The first-order valence-corrected chi connectivity index (χ1v) is 10.5. The monoisotopic (exact) mass is 494 g/mol. The molecule has 0 atom stereocenters. The van der Waals surface area contributed by atoms with Gasteiger partial charge in [0.2, 0.25) is 0 Å². The van der Waals surface area contributed by atoms with E-state index in [-0.39, 0.29) is 11.6 Å². The highest BCUT2D eigenvalue weighted by atomic mass is 79.9. The van der Waals surface area contributed by atoms with Gasteiger partial charge >= 0.3 is 0 Å². The molecular weight excluding hydrogens is 474 g/mol. The Kier molecular flexibility index (Phi) is 8.52. The van der Waals surface area contributed by atoms with Crippen molar-refractivity contribution in [1.29, 1.82) is 0 Å². The minimum absolute atomic E-state index is 0.132. The van der Waals surface area contributed by atoms with Crippen LogP contribution in [0.5, 0.6) is 5.75 Å². The van der Waals surface area contributed by atoms with Crippen molar-refractivity contribution in [2.45, 2.75) is 0 Å². The van der Waals surface area contributed by atoms with Gasteiger partial charge in [-0.15, -0.1) is 0 Å². The summed E-state index contributed by atoms with van der Waals surface area (Å²) < 4.78 is 31.9. The minimum Gasteiger partial charge on any atom is -0.494 e. The number of nitrogens with zero attached hydrogens (tertiary/aromatic N) is 1. The van der Waals surface area contributed by atoms with Gasteiger partial charge in [0.05, 0.1) is 18.5 Å². The summed E-state index contributed by atoms with van der Waals surface area (Å²) in [5.41, 5.74) is 3.27. The van der Waals surface area contributed by atoms with Crippen molar-refractivity contribution in [3.8, 4) is 5.75 Å². The highest BCUT2D eigenvalue weighted by molar-refractivity contribution is 9.10. The first kappa shape index (κ1) is 23.2. The molecule has 1 N–H and O–H groups in total. The topological polar surface area (TPSA) is 33.6 Å². The highest BCUT2D eigenvalue weighted by Gasteiger charge is 2.06. The average Bonchev–Trinajstić information content (AvgIpc) is 2.83. The van der Waals surface area contributed by atoms with Crippen LogP contribution in [-0.2, 0) is 0 Å². The van der Waals surface area contributed by atoms with Crippen molar-refractivity contribution in [3.05, 3.63) is 119 Å². The maximum absolute atomic E-state index is 13.2. The van der Waals surface area contributed by atoms with Crippen LogP contribution in [0.15, 0.2) is 107 Å². The number of rotatable bonds is 5. The van der Waals surface area contributed by atoms with E-state index in [1.807, 2.05) is 66.9 Å². The van der Waals surface area contributed by atoms with Gasteiger partial charge in [0.1, 0.15) is 5.82 Å². The molecule has 4 aromatic rings. The third-order valence-corrected chi connectivity index (χ3v) is 4.97. The van der Waals surface area contributed by atoms with Gasteiger partial charge in [-0.05, 0) is 64.0 Å². The van der Waals surface area contributed by atoms with Gasteiger partial charge in [-0.3, -0.25) is 4.99 Å². The summed E-state index contributed by atoms with van der Waals surface area (Å²) in [6.07, 6.45) is 1.87. The van der Waals surface area contributed by atoms with E-state index in [1.165, 1.54) is 31.4 Å². The van der Waals surface area contributed by atoms with Crippen molar-refractivity contribution in [3.63, 3.8) is 0 Å². The normalized spacial score (nSPS) is 10.4. The Hall–Kier alpha value is -3.51. The predicted octanol–water partition coefficient (Wildman–Crippen LogP) is 7.92. The number of benzene rings is 4. The zero-order valence-corrected chi connectivity index (χ0v) is 18.9. The molecule has 3 nitrogen and oxygen atoms in total. The number of anilines is 2. The maximum atomic E-state index is 13.2. The molecule has 0 radical (unpaired) electrons. The summed E-state index contributed by atoms with van der Waals surface area (Å²) >= 11 is 3.30. The Balaban J connectivity index is 0.000000186. The Morgan fingerprint density at radius 1 is 0.844 bits per heavy atom. The van der Waals surface area contributed by atoms with Crippen molar-refractivity contribution < 1.29 is 13.5 Å². The number of nitrogens with one attached hydrogen (secondary N) is 1. The summed E-state index contributed by atoms with van der Waals surface area (Å²) in [4.78, 5) is 4.35. The fourth-order valence-corrected chi connectivity index (χ4v) is 3.03. The molecule has 6 heteroatoms. The molecule has 0 amide bonds. The number of hydrogen-bond acceptors (Lipinski definition) is 3. The van der Waals surface area contributed by atoms with Gasteiger partial charge < -0.3 is 10.1 Å². The molecule has 0 aliphatic rings. The van der Waals surface area contributed by atoms with E-state index in [2.05, 4.69) is 26.2 Å². The molecule has 0 aliphatic heterocycles. The first-order valence-electron chi connectivity index (χ1n) is 9.75. The van der Waals surface area contributed by atoms with Crippen LogP contribution in [0.4, 0.5) is 25.8 Å². The molecule has 0 spiro atoms. The number of halogens is 3. The van der Waals surface area contributed by atoms with Crippen molar-refractivity contribution in [2.24, 2.45) is 4.99 Å². The van der Waals surface area contributed by atoms with Crippen LogP contribution < -0.4 is 10.1 Å². The molecule has 0 aromatic heterocycles. The van der Waals surface area contributed by atoms with Crippen molar-refractivity contribution in [2.75, 3.05) is 12.4 Å². The Bertz CT molecular complexity index is 1130. The van der Waals surface area contributed by atoms with E-state index in [0.29, 0.717) is 15.8 Å². The Morgan fingerprint density at radius 2 is 1.53 bits per heavy atom. The van der Waals surface area contributed by atoms with Gasteiger partial charge in [0, 0.05) is 22.4 Å². The summed E-state index contributed by atoms with van der Waals surface area (Å²) in [6.45, 7) is 0. The van der Waals surface area contributed by atoms with Crippen LogP contribution in [0.2, 0.25) is 0 Å². The molecule has 0 unspecified atom stereocenters. The summed E-state index contributed by atoms with van der Waals surface area (Å²) in [7, 11) is 1.39. The summed E-state index contributed by atoms with van der Waals surface area (Å²) in [5.74, 6) is -0.663. The lowest BCUT2D eigenvalue weighted by Crippen LogP contribution is -1.95. The highest BCUT2D eigenvalue weighted by Crippen LogP contribution is 2.29. The number of methoxy groups -OCH3 is 1. The Labute approximate surface area is 194 Å². The van der Waals surface area contributed by atoms with E-state index < -0.39 is 5.82 Å². The van der Waals surface area contributed by atoms with Crippen molar-refractivity contribution in [1.82, 2.24) is 0 Å². The maximum Gasteiger partial charge on any atom is 0.165 e. The second kappa shape index (κ2) is 11.8. The van der Waals surface area contributed by atoms with Gasteiger partial charge in [-0.1, -0.05) is 48.5 Å². The number of hydrogen-bond donors (Lipinski definition) is 1. The van der Waals surface area contributed by atoms with E-state index in [0.717, 1.165) is 11.3 Å². The van der Waals surface area contributed by atoms with Gasteiger partial charge in [0.15, 0.2) is 11.6 Å². The molecule has 0 bridgehead atoms. The summed E-state index contributed by atoms with van der Waals surface area (Å²) in [6, 6.07) is 28.6. The predicted molar refractivity (Wildman–Crippen MR) is 130 cm³/mol. The second-order valence-electron chi connectivity index (χ2n) is 6.60. The zero-order chi connectivity index (χ0) is 22.8. The number of para-hydroxylation sites is 1. The standard InChI is InChI=1S/C13H10BrF2NO.C13H11N/c1-18-13-7-9(3-5-11(13)16)17-12-6-8(15)2-4-10(12)14;1-3-7-12(8-4-1)11-14-13-9-5-2-6-10-13/h2-7,17H,1H3;1-11H/b;14-11+. The van der Waals surface area contributed by atoms with Crippen LogP contribution >= 0.6 is 15.9 Å². The average molecular weight is 495 g/mol. The van der Waals surface area contributed by atoms with Gasteiger partial charge in [-0.25, -0.2) is 8.78 Å². The Morgan fingerprint density at radius 3 is 2.22 bits per heavy atom. The molecule has 0 saturated heterocycles. The fourth-order valence-electron chi connectivity index (χ4n) is 2.69. The lowest BCUT2D eigenvalue weighted by Gasteiger charge is -2.10. The lowest BCUT2D eigenvalue weighted by molar-refractivity contribution is 0.387. The molecule has 4 rings (SSSR count). The summed E-state index contributed by atoms with van der Waals surface area (Å²) in [5, 5.41) is 2.98. The third-order valence-electron chi connectivity index (χ3n) is 4.28. The largest absolute Gasteiger partial charge is 0.494 e. The van der Waals surface area contributed by atoms with Crippen LogP contribution in [0, 0.1) is 11.6 Å². The van der Waals surface area contributed by atoms with E-state index in [1.54, 1.807) is 12.1 Å². The zero-order valence-electron chi connectivity index (χ0n) is 17.3. The number of aliphatic imine (C=N–C) groups is 1. The molecule has 0 fully saturated rings. The quantitative estimate of drug-likeness (QED) is 0.286. The third kappa shape index (κ3) is 7.03. The molecule has 0 aliphatic carbocycles. The minimum atomic E-state index is -0.443. The van der Waals surface area contributed by atoms with Crippen molar-refractivity contribution >= 4 is 39.2 Å². The van der Waals surface area contributed by atoms with Crippen LogP contribution in [-0.4, -0.2) is 13.3 Å². The second-order valence-corrected chi connectivity index (χ2v) is 7.46. The van der Waals surface area contributed by atoms with Gasteiger partial charge in [0.25, 0.3) is 0 Å². The molecule has 32 heavy (non-hydrogen) atoms. The van der Waals surface area contributed by atoms with Crippen LogP contribution in [0.25, 0.3) is 0 Å². The fraction of sp³-hybridized carbons (Fsp3) is 0.0385. The molecule has 0 saturated carbocycles. The number of ether oxygens (including phenoxy) is 1. The smallest absolute Gasteiger partial charge is 0.165 e. The molecular formula is C26H21BrF2N2O. The molecule has 0 heterocycles. The van der Waals surface area contributed by atoms with E-state index in [4.69, 9.17) is 4.74 Å². The first-order chi connectivity index (χ1) is 15.5. The molecule has 162 valence electrons. The molecule has 4 aromatic carbocycles. The van der Waals surface area contributed by atoms with Crippen LogP contribution in [0.1, 0.15) is 5.56 Å². The van der Waals surface area contributed by atoms with E-state index >= 15 is 0 Å². The van der Waals surface area contributed by atoms with Gasteiger partial charge in [-0.2, -0.15) is 0 Å².